The fourth-order valence-corrected chi connectivity index (χ4v) is 4.44. The van der Waals surface area contributed by atoms with E-state index in [1.54, 1.807) is 13.8 Å². The molecule has 3 N–H and O–H groups in total. The highest BCUT2D eigenvalue weighted by molar-refractivity contribution is 7.89. The summed E-state index contributed by atoms with van der Waals surface area (Å²) in [5.41, 5.74) is 5.87. The van der Waals surface area contributed by atoms with E-state index in [-0.39, 0.29) is 29.7 Å². The lowest BCUT2D eigenvalue weighted by Crippen LogP contribution is -2.51. The predicted molar refractivity (Wildman–Crippen MR) is 83.7 cm³/mol. The highest BCUT2D eigenvalue weighted by Crippen LogP contribution is 2.30. The van der Waals surface area contributed by atoms with Gasteiger partial charge < -0.3 is 5.73 Å². The van der Waals surface area contributed by atoms with Crippen LogP contribution in [-0.4, -0.2) is 20.5 Å². The van der Waals surface area contributed by atoms with Gasteiger partial charge in [0.1, 0.15) is 5.82 Å². The van der Waals surface area contributed by atoms with Crippen LogP contribution in [0.25, 0.3) is 0 Å². The van der Waals surface area contributed by atoms with Gasteiger partial charge in [-0.3, -0.25) is 0 Å². The summed E-state index contributed by atoms with van der Waals surface area (Å²) in [6, 6.07) is 2.73. The number of nitrogens with one attached hydrogen (secondary N) is 1. The Labute approximate surface area is 131 Å². The van der Waals surface area contributed by atoms with Gasteiger partial charge in [0, 0.05) is 12.1 Å². The minimum atomic E-state index is -3.67. The molecule has 0 aromatic heterocycles. The molecule has 0 aliphatic heterocycles. The van der Waals surface area contributed by atoms with Crippen LogP contribution in [0.1, 0.15) is 36.8 Å². The maximum Gasteiger partial charge on any atom is 0.241 e. The molecular formula is C14H22ClFN2O2S. The van der Waals surface area contributed by atoms with E-state index in [2.05, 4.69) is 4.72 Å². The van der Waals surface area contributed by atoms with Crippen molar-refractivity contribution in [1.29, 1.82) is 0 Å². The Kier molecular flexibility index (Phi) is 5.77. The van der Waals surface area contributed by atoms with Gasteiger partial charge in [-0.2, -0.15) is 0 Å². The molecule has 1 saturated carbocycles. The third-order valence-corrected chi connectivity index (χ3v) is 5.58. The molecule has 21 heavy (non-hydrogen) atoms. The molecule has 1 aliphatic rings. The summed E-state index contributed by atoms with van der Waals surface area (Å²) in [4.78, 5) is 0.105. The van der Waals surface area contributed by atoms with Crippen LogP contribution >= 0.6 is 12.4 Å². The van der Waals surface area contributed by atoms with Crippen LogP contribution in [0.3, 0.4) is 0 Å². The number of benzene rings is 1. The molecule has 1 aliphatic carbocycles. The van der Waals surface area contributed by atoms with E-state index in [0.717, 1.165) is 25.7 Å². The van der Waals surface area contributed by atoms with Gasteiger partial charge in [-0.1, -0.05) is 12.8 Å². The minimum absolute atomic E-state index is 0. The maximum absolute atomic E-state index is 13.6. The lowest BCUT2D eigenvalue weighted by atomic mass is 10.0. The minimum Gasteiger partial charge on any atom is -0.329 e. The molecule has 0 unspecified atom stereocenters. The average molecular weight is 337 g/mol. The summed E-state index contributed by atoms with van der Waals surface area (Å²) in [6.45, 7) is 3.41. The number of aryl methyl sites for hydroxylation is 2. The third-order valence-electron chi connectivity index (χ3n) is 4.02. The Morgan fingerprint density at radius 3 is 2.14 bits per heavy atom. The number of halogens is 2. The van der Waals surface area contributed by atoms with Gasteiger partial charge in [-0.15, -0.1) is 12.4 Å². The fraction of sp³-hybridized carbons (Fsp3) is 0.571. The molecule has 0 heterocycles. The molecule has 0 bridgehead atoms. The van der Waals surface area contributed by atoms with E-state index in [1.807, 2.05) is 0 Å². The molecule has 0 atom stereocenters. The zero-order valence-electron chi connectivity index (χ0n) is 12.3. The van der Waals surface area contributed by atoms with E-state index in [4.69, 9.17) is 5.73 Å². The van der Waals surface area contributed by atoms with Gasteiger partial charge in [0.15, 0.2) is 0 Å². The van der Waals surface area contributed by atoms with Crippen molar-refractivity contribution < 1.29 is 12.8 Å². The smallest absolute Gasteiger partial charge is 0.241 e. The van der Waals surface area contributed by atoms with Gasteiger partial charge in [0.25, 0.3) is 0 Å². The highest BCUT2D eigenvalue weighted by Gasteiger charge is 2.36. The van der Waals surface area contributed by atoms with Crippen LogP contribution in [0.4, 0.5) is 4.39 Å². The summed E-state index contributed by atoms with van der Waals surface area (Å²) < 4.78 is 41.3. The van der Waals surface area contributed by atoms with Crippen molar-refractivity contribution in [1.82, 2.24) is 4.72 Å². The molecule has 7 heteroatoms. The lowest BCUT2D eigenvalue weighted by molar-refractivity contribution is 0.399. The molecule has 1 aromatic carbocycles. The second-order valence-electron chi connectivity index (χ2n) is 5.67. The van der Waals surface area contributed by atoms with E-state index in [9.17, 15) is 12.8 Å². The van der Waals surface area contributed by atoms with Crippen LogP contribution in [0, 0.1) is 19.7 Å². The van der Waals surface area contributed by atoms with E-state index in [1.165, 1.54) is 12.1 Å². The Hall–Kier alpha value is -0.690. The Morgan fingerprint density at radius 1 is 1.24 bits per heavy atom. The van der Waals surface area contributed by atoms with Gasteiger partial charge in [-0.05, 0) is 49.9 Å². The predicted octanol–water partition coefficient (Wildman–Crippen LogP) is 2.41. The quantitative estimate of drug-likeness (QED) is 0.887. The van der Waals surface area contributed by atoms with Crippen molar-refractivity contribution in [3.8, 4) is 0 Å². The Balaban J connectivity index is 0.00000220. The number of sulfonamides is 1. The van der Waals surface area contributed by atoms with Gasteiger partial charge in [0.2, 0.25) is 10.0 Å². The van der Waals surface area contributed by atoms with E-state index < -0.39 is 15.6 Å². The molecule has 0 radical (unpaired) electrons. The number of hydrogen-bond acceptors (Lipinski definition) is 3. The summed E-state index contributed by atoms with van der Waals surface area (Å²) >= 11 is 0. The van der Waals surface area contributed by atoms with Crippen molar-refractivity contribution in [2.75, 3.05) is 6.54 Å². The van der Waals surface area contributed by atoms with Crippen LogP contribution < -0.4 is 10.5 Å². The second kappa shape index (κ2) is 6.60. The molecular weight excluding hydrogens is 315 g/mol. The third kappa shape index (κ3) is 3.74. The van der Waals surface area contributed by atoms with Crippen molar-refractivity contribution in [2.45, 2.75) is 50.0 Å². The summed E-state index contributed by atoms with van der Waals surface area (Å²) in [5.74, 6) is -0.363. The summed E-state index contributed by atoms with van der Waals surface area (Å²) in [7, 11) is -3.67. The number of rotatable bonds is 4. The molecule has 1 fully saturated rings. The average Bonchev–Trinajstić information content (AvgIpc) is 2.83. The number of nitrogens with two attached hydrogens (primary N) is 1. The van der Waals surface area contributed by atoms with Crippen LogP contribution in [-0.2, 0) is 10.0 Å². The van der Waals surface area contributed by atoms with Crippen LogP contribution in [0.2, 0.25) is 0 Å². The number of hydrogen-bond donors (Lipinski definition) is 2. The van der Waals surface area contributed by atoms with Crippen molar-refractivity contribution in [3.05, 3.63) is 29.1 Å². The second-order valence-corrected chi connectivity index (χ2v) is 7.35. The first-order valence-corrected chi connectivity index (χ1v) is 8.29. The van der Waals surface area contributed by atoms with Crippen molar-refractivity contribution in [3.63, 3.8) is 0 Å². The SMILES string of the molecule is Cc1cc(S(=O)(=O)NC2(CN)CCCC2)cc(C)c1F.Cl. The zero-order chi connectivity index (χ0) is 15.0. The molecule has 4 nitrogen and oxygen atoms in total. The fourth-order valence-electron chi connectivity index (χ4n) is 2.80. The molecule has 120 valence electrons. The topological polar surface area (TPSA) is 72.2 Å². The van der Waals surface area contributed by atoms with Crippen molar-refractivity contribution in [2.24, 2.45) is 5.73 Å². The first-order valence-electron chi connectivity index (χ1n) is 6.80. The molecule has 0 amide bonds. The first-order chi connectivity index (χ1) is 9.30. The first kappa shape index (κ1) is 18.4. The highest BCUT2D eigenvalue weighted by atomic mass is 35.5. The lowest BCUT2D eigenvalue weighted by Gasteiger charge is -2.28. The largest absolute Gasteiger partial charge is 0.329 e. The van der Waals surface area contributed by atoms with Gasteiger partial charge in [-0.25, -0.2) is 17.5 Å². The Morgan fingerprint density at radius 2 is 1.71 bits per heavy atom. The maximum atomic E-state index is 13.6. The van der Waals surface area contributed by atoms with E-state index in [0.29, 0.717) is 11.1 Å². The molecule has 0 spiro atoms. The van der Waals surface area contributed by atoms with Gasteiger partial charge in [0.05, 0.1) is 4.90 Å². The Bertz CT molecular complexity index is 590. The van der Waals surface area contributed by atoms with Crippen LogP contribution in [0.15, 0.2) is 17.0 Å². The zero-order valence-corrected chi connectivity index (χ0v) is 13.9. The molecule has 1 aromatic rings. The summed E-state index contributed by atoms with van der Waals surface area (Å²) in [5, 5.41) is 0. The van der Waals surface area contributed by atoms with E-state index >= 15 is 0 Å². The van der Waals surface area contributed by atoms with Crippen LogP contribution in [0.5, 0.6) is 0 Å². The normalized spacial score (nSPS) is 17.5. The van der Waals surface area contributed by atoms with Crippen molar-refractivity contribution >= 4 is 22.4 Å². The standard InChI is InChI=1S/C14H21FN2O2S.ClH/c1-10-7-12(8-11(2)13(10)15)20(18,19)17-14(9-16)5-3-4-6-14;/h7-8,17H,3-6,9,16H2,1-2H3;1H. The van der Waals surface area contributed by atoms with Gasteiger partial charge >= 0.3 is 0 Å². The molecule has 2 rings (SSSR count). The monoisotopic (exact) mass is 336 g/mol. The molecule has 0 saturated heterocycles. The summed E-state index contributed by atoms with van der Waals surface area (Å²) in [6.07, 6.45) is 3.45.